The molecule has 0 aliphatic rings. The number of carbonyl (C=O) groups is 1. The molecule has 1 aromatic carbocycles. The number of benzene rings is 1. The lowest BCUT2D eigenvalue weighted by Crippen LogP contribution is -2.39. The lowest BCUT2D eigenvalue weighted by molar-refractivity contribution is -0.120. The summed E-state index contributed by atoms with van der Waals surface area (Å²) in [4.78, 5) is 10.8. The first-order chi connectivity index (χ1) is 8.72. The van der Waals surface area contributed by atoms with Gasteiger partial charge in [-0.25, -0.2) is 17.5 Å². The highest BCUT2D eigenvalue weighted by atomic mass is 35.5. The minimum Gasteiger partial charge on any atom is -0.353 e. The van der Waals surface area contributed by atoms with Crippen LogP contribution in [-0.4, -0.2) is 26.9 Å². The molecule has 0 fully saturated rings. The monoisotopic (exact) mass is 308 g/mol. The number of halogens is 2. The van der Waals surface area contributed by atoms with Gasteiger partial charge in [0.2, 0.25) is 15.9 Å². The van der Waals surface area contributed by atoms with Crippen LogP contribution in [-0.2, 0) is 14.8 Å². The number of nitrogens with one attached hydrogen (secondary N) is 2. The quantitative estimate of drug-likeness (QED) is 0.860. The first-order valence-corrected chi connectivity index (χ1v) is 7.32. The third-order valence-electron chi connectivity index (χ3n) is 2.06. The van der Waals surface area contributed by atoms with E-state index in [0.717, 1.165) is 12.1 Å². The van der Waals surface area contributed by atoms with Crippen molar-refractivity contribution < 1.29 is 17.6 Å². The van der Waals surface area contributed by atoms with Gasteiger partial charge in [0, 0.05) is 11.1 Å². The summed E-state index contributed by atoms with van der Waals surface area (Å²) in [5.41, 5.74) is 0. The second-order valence-electron chi connectivity index (χ2n) is 4.12. The zero-order chi connectivity index (χ0) is 14.6. The Morgan fingerprint density at radius 2 is 2.05 bits per heavy atom. The minimum atomic E-state index is -4.08. The van der Waals surface area contributed by atoms with Gasteiger partial charge in [-0.15, -0.1) is 0 Å². The topological polar surface area (TPSA) is 75.3 Å². The summed E-state index contributed by atoms with van der Waals surface area (Å²) in [6, 6.07) is 3.09. The van der Waals surface area contributed by atoms with Crippen LogP contribution in [0.15, 0.2) is 23.1 Å². The molecule has 0 unspecified atom stereocenters. The lowest BCUT2D eigenvalue weighted by atomic mass is 10.3. The Labute approximate surface area is 116 Å². The number of hydrogen-bond acceptors (Lipinski definition) is 3. The zero-order valence-electron chi connectivity index (χ0n) is 10.4. The standard InChI is InChI=1S/C11H14ClFN2O3S/c1-7(2)15-11(16)6-14-19(17,18)10-4-3-8(12)5-9(10)13/h3-5,7,14H,6H2,1-2H3,(H,15,16). The van der Waals surface area contributed by atoms with Crippen LogP contribution in [0.4, 0.5) is 4.39 Å². The van der Waals surface area contributed by atoms with E-state index in [9.17, 15) is 17.6 Å². The van der Waals surface area contributed by atoms with Gasteiger partial charge in [-0.05, 0) is 32.0 Å². The van der Waals surface area contributed by atoms with Crippen molar-refractivity contribution in [3.63, 3.8) is 0 Å². The Bertz CT molecular complexity index is 575. The predicted octanol–water partition coefficient (Wildman–Crippen LogP) is 1.28. The van der Waals surface area contributed by atoms with Crippen LogP contribution < -0.4 is 10.0 Å². The highest BCUT2D eigenvalue weighted by Gasteiger charge is 2.20. The van der Waals surface area contributed by atoms with Gasteiger partial charge in [-0.3, -0.25) is 4.79 Å². The van der Waals surface area contributed by atoms with Gasteiger partial charge in [0.05, 0.1) is 6.54 Å². The molecular weight excluding hydrogens is 295 g/mol. The van der Waals surface area contributed by atoms with Crippen LogP contribution in [0, 0.1) is 5.82 Å². The Morgan fingerprint density at radius 1 is 1.42 bits per heavy atom. The van der Waals surface area contributed by atoms with Crippen LogP contribution in [0.3, 0.4) is 0 Å². The van der Waals surface area contributed by atoms with Crippen LogP contribution >= 0.6 is 11.6 Å². The summed E-state index contributed by atoms with van der Waals surface area (Å²) in [5, 5.41) is 2.60. The van der Waals surface area contributed by atoms with E-state index in [2.05, 4.69) is 5.32 Å². The Hall–Kier alpha value is -1.18. The molecule has 2 N–H and O–H groups in total. The van der Waals surface area contributed by atoms with Crippen LogP contribution in [0.25, 0.3) is 0 Å². The first kappa shape index (κ1) is 15.9. The maximum Gasteiger partial charge on any atom is 0.243 e. The smallest absolute Gasteiger partial charge is 0.243 e. The Kier molecular flexibility index (Phi) is 5.28. The summed E-state index contributed by atoms with van der Waals surface area (Å²) in [5.74, 6) is -1.46. The molecule has 0 aromatic heterocycles. The fraction of sp³-hybridized carbons (Fsp3) is 0.364. The maximum atomic E-state index is 13.5. The SMILES string of the molecule is CC(C)NC(=O)CNS(=O)(=O)c1ccc(Cl)cc1F. The van der Waals surface area contributed by atoms with Crippen molar-refractivity contribution in [2.45, 2.75) is 24.8 Å². The molecule has 8 heteroatoms. The largest absolute Gasteiger partial charge is 0.353 e. The van der Waals surface area contributed by atoms with Crippen molar-refractivity contribution in [1.82, 2.24) is 10.0 Å². The fourth-order valence-corrected chi connectivity index (χ4v) is 2.50. The van der Waals surface area contributed by atoms with Crippen molar-refractivity contribution in [2.24, 2.45) is 0 Å². The molecule has 1 aromatic rings. The van der Waals surface area contributed by atoms with Crippen molar-refractivity contribution in [1.29, 1.82) is 0 Å². The Morgan fingerprint density at radius 3 is 2.58 bits per heavy atom. The molecule has 5 nitrogen and oxygen atoms in total. The van der Waals surface area contributed by atoms with Crippen molar-refractivity contribution in [3.8, 4) is 0 Å². The molecule has 106 valence electrons. The van der Waals surface area contributed by atoms with E-state index in [1.54, 1.807) is 13.8 Å². The molecule has 0 radical (unpaired) electrons. The summed E-state index contributed by atoms with van der Waals surface area (Å²) >= 11 is 5.53. The molecular formula is C11H14ClFN2O3S. The molecule has 19 heavy (non-hydrogen) atoms. The molecule has 0 atom stereocenters. The molecule has 0 aliphatic heterocycles. The summed E-state index contributed by atoms with van der Waals surface area (Å²) in [6.07, 6.45) is 0. The van der Waals surface area contributed by atoms with Gasteiger partial charge in [0.15, 0.2) is 0 Å². The molecule has 1 rings (SSSR count). The molecule has 0 saturated carbocycles. The second-order valence-corrected chi connectivity index (χ2v) is 6.29. The normalized spacial score (nSPS) is 11.6. The van der Waals surface area contributed by atoms with E-state index in [1.165, 1.54) is 6.07 Å². The number of carbonyl (C=O) groups excluding carboxylic acids is 1. The number of amides is 1. The average molecular weight is 309 g/mol. The van der Waals surface area contributed by atoms with Gasteiger partial charge in [-0.1, -0.05) is 11.6 Å². The van der Waals surface area contributed by atoms with Crippen LogP contribution in [0.5, 0.6) is 0 Å². The van der Waals surface area contributed by atoms with Gasteiger partial charge in [-0.2, -0.15) is 0 Å². The number of sulfonamides is 1. The van der Waals surface area contributed by atoms with E-state index >= 15 is 0 Å². The predicted molar refractivity (Wildman–Crippen MR) is 69.9 cm³/mol. The lowest BCUT2D eigenvalue weighted by Gasteiger charge is -2.10. The van der Waals surface area contributed by atoms with Gasteiger partial charge < -0.3 is 5.32 Å². The third kappa shape index (κ3) is 4.77. The highest BCUT2D eigenvalue weighted by Crippen LogP contribution is 2.18. The molecule has 1 amide bonds. The van der Waals surface area contributed by atoms with E-state index in [4.69, 9.17) is 11.6 Å². The molecule has 0 bridgehead atoms. The fourth-order valence-electron chi connectivity index (χ4n) is 1.30. The van der Waals surface area contributed by atoms with Gasteiger partial charge in [0.1, 0.15) is 10.7 Å². The molecule has 0 heterocycles. The second kappa shape index (κ2) is 6.31. The number of rotatable bonds is 5. The minimum absolute atomic E-state index is 0.0917. The molecule has 0 aliphatic carbocycles. The maximum absolute atomic E-state index is 13.5. The van der Waals surface area contributed by atoms with Crippen LogP contribution in [0.1, 0.15) is 13.8 Å². The summed E-state index contributed by atoms with van der Waals surface area (Å²) < 4.78 is 39.1. The average Bonchev–Trinajstić information content (AvgIpc) is 2.25. The van der Waals surface area contributed by atoms with Gasteiger partial charge in [0.25, 0.3) is 0 Å². The Balaban J connectivity index is 2.79. The van der Waals surface area contributed by atoms with Gasteiger partial charge >= 0.3 is 0 Å². The van der Waals surface area contributed by atoms with E-state index in [-0.39, 0.29) is 11.1 Å². The van der Waals surface area contributed by atoms with Crippen LogP contribution in [0.2, 0.25) is 5.02 Å². The first-order valence-electron chi connectivity index (χ1n) is 5.46. The summed E-state index contributed by atoms with van der Waals surface area (Å²) in [6.45, 7) is 3.03. The summed E-state index contributed by atoms with van der Waals surface area (Å²) in [7, 11) is -4.08. The van der Waals surface area contributed by atoms with E-state index in [0.29, 0.717) is 0 Å². The van der Waals surface area contributed by atoms with Crippen molar-refractivity contribution in [3.05, 3.63) is 29.0 Å². The molecule has 0 spiro atoms. The van der Waals surface area contributed by atoms with Crippen molar-refractivity contribution >= 4 is 27.5 Å². The highest BCUT2D eigenvalue weighted by molar-refractivity contribution is 7.89. The zero-order valence-corrected chi connectivity index (χ0v) is 12.0. The molecule has 0 saturated heterocycles. The third-order valence-corrected chi connectivity index (χ3v) is 3.73. The van der Waals surface area contributed by atoms with E-state index in [1.807, 2.05) is 4.72 Å². The van der Waals surface area contributed by atoms with E-state index < -0.39 is 33.2 Å². The van der Waals surface area contributed by atoms with Crippen molar-refractivity contribution in [2.75, 3.05) is 6.54 Å². The number of hydrogen-bond donors (Lipinski definition) is 2.